The molecule has 0 saturated heterocycles. The zero-order chi connectivity index (χ0) is 22.9. The van der Waals surface area contributed by atoms with Gasteiger partial charge in [-0.1, -0.05) is 42.5 Å². The Morgan fingerprint density at radius 3 is 2.39 bits per heavy atom. The fourth-order valence-electron chi connectivity index (χ4n) is 4.79. The molecule has 5 rings (SSSR count). The maximum atomic E-state index is 14.8. The first-order valence-corrected chi connectivity index (χ1v) is 10.9. The van der Waals surface area contributed by atoms with Gasteiger partial charge in [0.15, 0.2) is 11.5 Å². The molecule has 3 atom stereocenters. The van der Waals surface area contributed by atoms with E-state index >= 15 is 0 Å². The molecule has 6 heteroatoms. The third-order valence-electron chi connectivity index (χ3n) is 6.41. The Hall–Kier alpha value is -3.80. The zero-order valence-electron chi connectivity index (χ0n) is 18.5. The lowest BCUT2D eigenvalue weighted by Crippen LogP contribution is -2.34. The second-order valence-electron chi connectivity index (χ2n) is 8.31. The minimum absolute atomic E-state index is 0.0494. The van der Waals surface area contributed by atoms with Gasteiger partial charge in [0.1, 0.15) is 11.6 Å². The molecule has 3 aromatic rings. The highest BCUT2D eigenvalue weighted by molar-refractivity contribution is 5.90. The van der Waals surface area contributed by atoms with Gasteiger partial charge in [-0.15, -0.1) is 0 Å². The monoisotopic (exact) mass is 444 g/mol. The first kappa shape index (κ1) is 21.1. The normalized spacial score (nSPS) is 21.5. The van der Waals surface area contributed by atoms with Crippen LogP contribution in [-0.2, 0) is 4.79 Å². The fourth-order valence-corrected chi connectivity index (χ4v) is 4.79. The molecule has 3 unspecified atom stereocenters. The number of anilines is 2. The van der Waals surface area contributed by atoms with Crippen LogP contribution in [0.1, 0.15) is 29.5 Å². The summed E-state index contributed by atoms with van der Waals surface area (Å²) in [6.45, 7) is 0. The third kappa shape index (κ3) is 3.82. The molecule has 0 radical (unpaired) electrons. The molecular weight excluding hydrogens is 419 g/mol. The van der Waals surface area contributed by atoms with Gasteiger partial charge in [0.25, 0.3) is 0 Å². The Balaban J connectivity index is 1.61. The van der Waals surface area contributed by atoms with E-state index in [2.05, 4.69) is 16.7 Å². The van der Waals surface area contributed by atoms with Crippen molar-refractivity contribution in [2.24, 2.45) is 5.92 Å². The topological polar surface area (TPSA) is 59.6 Å². The number of hydrogen-bond donors (Lipinski definition) is 2. The number of nitrogens with one attached hydrogen (secondary N) is 2. The van der Waals surface area contributed by atoms with Gasteiger partial charge in [0.2, 0.25) is 0 Å². The highest BCUT2D eigenvalue weighted by atomic mass is 19.1. The number of benzene rings is 3. The summed E-state index contributed by atoms with van der Waals surface area (Å²) in [5, 5.41) is 6.89. The number of para-hydroxylation sites is 2. The third-order valence-corrected chi connectivity index (χ3v) is 6.41. The van der Waals surface area contributed by atoms with Crippen LogP contribution in [0, 0.1) is 11.7 Å². The summed E-state index contributed by atoms with van der Waals surface area (Å²) >= 11 is 0. The number of halogens is 1. The molecule has 33 heavy (non-hydrogen) atoms. The number of methoxy groups -OCH3 is 2. The zero-order valence-corrected chi connectivity index (χ0v) is 18.5. The van der Waals surface area contributed by atoms with Gasteiger partial charge in [-0.25, -0.2) is 4.39 Å². The largest absolute Gasteiger partial charge is 0.493 e. The Bertz CT molecular complexity index is 1240. The molecule has 0 fully saturated rings. The number of fused-ring (bicyclic) bond motifs is 2. The molecule has 0 bridgehead atoms. The number of allylic oxidation sites excluding steroid dienone is 1. The Kier molecular flexibility index (Phi) is 5.50. The maximum Gasteiger partial charge on any atom is 0.161 e. The van der Waals surface area contributed by atoms with Crippen LogP contribution in [0.4, 0.5) is 15.8 Å². The van der Waals surface area contributed by atoms with E-state index in [9.17, 15) is 9.18 Å². The van der Waals surface area contributed by atoms with Crippen LogP contribution in [0.3, 0.4) is 0 Å². The summed E-state index contributed by atoms with van der Waals surface area (Å²) in [6.07, 6.45) is 2.40. The molecule has 2 N–H and O–H groups in total. The Labute approximate surface area is 192 Å². The van der Waals surface area contributed by atoms with Crippen molar-refractivity contribution in [2.45, 2.75) is 18.4 Å². The first-order valence-electron chi connectivity index (χ1n) is 10.9. The van der Waals surface area contributed by atoms with Crippen molar-refractivity contribution < 1.29 is 18.7 Å². The van der Waals surface area contributed by atoms with E-state index in [0.717, 1.165) is 22.6 Å². The number of ether oxygens (including phenoxy) is 2. The highest BCUT2D eigenvalue weighted by Crippen LogP contribution is 2.45. The van der Waals surface area contributed by atoms with Crippen LogP contribution >= 0.6 is 0 Å². The molecule has 1 aliphatic carbocycles. The smallest absolute Gasteiger partial charge is 0.161 e. The standard InChI is InChI=1S/C27H25FN2O3/c1-32-24-12-11-16(15-25(24)33-2)17-13-22-26(23(31)14-17)27(18-7-3-4-8-19(18)28)30-21-10-6-5-9-20(21)29-22/h3-13,15,17,26-27,29-30H,14H2,1-2H3. The predicted octanol–water partition coefficient (Wildman–Crippen LogP) is 5.68. The van der Waals surface area contributed by atoms with Gasteiger partial charge in [0.05, 0.1) is 37.6 Å². The van der Waals surface area contributed by atoms with Crippen LogP contribution in [0.5, 0.6) is 11.5 Å². The molecule has 1 heterocycles. The van der Waals surface area contributed by atoms with E-state index in [4.69, 9.17) is 9.47 Å². The summed E-state index contributed by atoms with van der Waals surface area (Å²) < 4.78 is 25.7. The molecule has 3 aromatic carbocycles. The van der Waals surface area contributed by atoms with E-state index < -0.39 is 12.0 Å². The molecule has 0 spiro atoms. The van der Waals surface area contributed by atoms with Gasteiger partial charge in [-0.2, -0.15) is 0 Å². The number of carbonyl (C=O) groups excluding carboxylic acids is 1. The van der Waals surface area contributed by atoms with Crippen molar-refractivity contribution in [1.82, 2.24) is 0 Å². The van der Waals surface area contributed by atoms with E-state index in [1.54, 1.807) is 32.4 Å². The van der Waals surface area contributed by atoms with Crippen LogP contribution in [0.2, 0.25) is 0 Å². The summed E-state index contributed by atoms with van der Waals surface area (Å²) in [5.41, 5.74) is 3.90. The van der Waals surface area contributed by atoms with Crippen LogP contribution in [0.15, 0.2) is 78.5 Å². The van der Waals surface area contributed by atoms with Gasteiger partial charge >= 0.3 is 0 Å². The molecule has 0 amide bonds. The Morgan fingerprint density at radius 2 is 1.64 bits per heavy atom. The number of ketones is 1. The van der Waals surface area contributed by atoms with Crippen molar-refractivity contribution in [3.8, 4) is 11.5 Å². The molecule has 1 aliphatic heterocycles. The Morgan fingerprint density at radius 1 is 0.909 bits per heavy atom. The van der Waals surface area contributed by atoms with E-state index in [0.29, 0.717) is 23.5 Å². The predicted molar refractivity (Wildman–Crippen MR) is 126 cm³/mol. The van der Waals surface area contributed by atoms with Gasteiger partial charge in [0, 0.05) is 23.6 Å². The molecule has 168 valence electrons. The van der Waals surface area contributed by atoms with E-state index in [-0.39, 0.29) is 17.5 Å². The average Bonchev–Trinajstić information content (AvgIpc) is 3.00. The quantitative estimate of drug-likeness (QED) is 0.542. The summed E-state index contributed by atoms with van der Waals surface area (Å²) in [6, 6.07) is 19.6. The first-order chi connectivity index (χ1) is 16.1. The SMILES string of the molecule is COc1ccc(C2C=C3Nc4ccccc4NC(c4ccccc4F)C3C(=O)C2)cc1OC. The maximum absolute atomic E-state index is 14.8. The van der Waals surface area contributed by atoms with Crippen LogP contribution < -0.4 is 20.1 Å². The number of carbonyl (C=O) groups is 1. The number of rotatable bonds is 4. The van der Waals surface area contributed by atoms with Crippen molar-refractivity contribution in [1.29, 1.82) is 0 Å². The lowest BCUT2D eigenvalue weighted by molar-refractivity contribution is -0.122. The second-order valence-corrected chi connectivity index (χ2v) is 8.31. The summed E-state index contributed by atoms with van der Waals surface area (Å²) in [4.78, 5) is 13.6. The highest BCUT2D eigenvalue weighted by Gasteiger charge is 2.40. The lowest BCUT2D eigenvalue weighted by atomic mass is 9.76. The van der Waals surface area contributed by atoms with Gasteiger partial charge < -0.3 is 20.1 Å². The molecule has 0 saturated carbocycles. The minimum atomic E-state index is -0.536. The van der Waals surface area contributed by atoms with Crippen molar-refractivity contribution >= 4 is 17.2 Å². The van der Waals surface area contributed by atoms with Crippen LogP contribution in [-0.4, -0.2) is 20.0 Å². The fraction of sp³-hybridized carbons (Fsp3) is 0.222. The van der Waals surface area contributed by atoms with Crippen molar-refractivity contribution in [3.05, 3.63) is 95.4 Å². The second kappa shape index (κ2) is 8.62. The van der Waals surface area contributed by atoms with E-state index in [1.165, 1.54) is 6.07 Å². The number of hydrogen-bond acceptors (Lipinski definition) is 5. The number of Topliss-reactive ketones (excluding diaryl/α,β-unsaturated/α-hetero) is 1. The average molecular weight is 445 g/mol. The van der Waals surface area contributed by atoms with Gasteiger partial charge in [-0.05, 0) is 35.9 Å². The molecule has 2 aliphatic rings. The summed E-state index contributed by atoms with van der Waals surface area (Å²) in [7, 11) is 3.19. The molecule has 0 aromatic heterocycles. The minimum Gasteiger partial charge on any atom is -0.493 e. The summed E-state index contributed by atoms with van der Waals surface area (Å²) in [5.74, 6) is 0.303. The molecule has 5 nitrogen and oxygen atoms in total. The lowest BCUT2D eigenvalue weighted by Gasteiger charge is -2.32. The van der Waals surface area contributed by atoms with Crippen LogP contribution in [0.25, 0.3) is 0 Å². The van der Waals surface area contributed by atoms with Gasteiger partial charge in [-0.3, -0.25) is 4.79 Å². The van der Waals surface area contributed by atoms with E-state index in [1.807, 2.05) is 42.5 Å². The van der Waals surface area contributed by atoms with Crippen molar-refractivity contribution in [3.63, 3.8) is 0 Å². The van der Waals surface area contributed by atoms with Crippen molar-refractivity contribution in [2.75, 3.05) is 24.9 Å². The molecular formula is C27H25FN2O3.